The van der Waals surface area contributed by atoms with Crippen molar-refractivity contribution in [2.24, 2.45) is 5.92 Å². The van der Waals surface area contributed by atoms with Crippen LogP contribution in [0.1, 0.15) is 33.1 Å². The molecule has 0 bridgehead atoms. The Morgan fingerprint density at radius 3 is 2.82 bits per heavy atom. The topological polar surface area (TPSA) is 12.0 Å². The van der Waals surface area contributed by atoms with Gasteiger partial charge in [0.25, 0.3) is 0 Å². The molecule has 66 valence electrons. The average molecular weight is 155 g/mol. The van der Waals surface area contributed by atoms with E-state index >= 15 is 0 Å². The lowest BCUT2D eigenvalue weighted by Crippen LogP contribution is -2.21. The quantitative estimate of drug-likeness (QED) is 0.440. The smallest absolute Gasteiger partial charge is 0.00230 e. The van der Waals surface area contributed by atoms with E-state index < -0.39 is 0 Å². The van der Waals surface area contributed by atoms with Crippen molar-refractivity contribution in [1.29, 1.82) is 0 Å². The van der Waals surface area contributed by atoms with Crippen molar-refractivity contribution in [3.63, 3.8) is 0 Å². The Morgan fingerprint density at radius 2 is 2.27 bits per heavy atom. The minimum atomic E-state index is 0.791. The predicted octanol–water partition coefficient (Wildman–Crippen LogP) is 2.59. The molecule has 0 radical (unpaired) electrons. The molecular formula is C10H21N. The normalized spacial score (nSPS) is 12.9. The van der Waals surface area contributed by atoms with Crippen LogP contribution in [0.15, 0.2) is 12.7 Å². The molecule has 0 fully saturated rings. The van der Waals surface area contributed by atoms with E-state index in [-0.39, 0.29) is 0 Å². The Hall–Kier alpha value is -0.300. The Labute approximate surface area is 70.9 Å². The molecule has 1 nitrogen and oxygen atoms in total. The summed E-state index contributed by atoms with van der Waals surface area (Å²) in [5.41, 5.74) is 0. The molecule has 0 saturated heterocycles. The van der Waals surface area contributed by atoms with Crippen molar-refractivity contribution in [2.45, 2.75) is 33.1 Å². The standard InChI is InChI=1S/C10H21N/c1-4-6-7-10(3)9-11-8-5-2/h4,10-11H,1,5-9H2,2-3H3. The summed E-state index contributed by atoms with van der Waals surface area (Å²) in [6.07, 6.45) is 5.64. The summed E-state index contributed by atoms with van der Waals surface area (Å²) < 4.78 is 0. The highest BCUT2D eigenvalue weighted by atomic mass is 14.8. The SMILES string of the molecule is C=CCCC(C)CNCCC. The molecule has 0 heterocycles. The zero-order valence-electron chi connectivity index (χ0n) is 7.90. The Kier molecular flexibility index (Phi) is 7.59. The fourth-order valence-electron chi connectivity index (χ4n) is 1.03. The van der Waals surface area contributed by atoms with E-state index in [0.717, 1.165) is 25.4 Å². The average Bonchev–Trinajstić information content (AvgIpc) is 2.01. The lowest BCUT2D eigenvalue weighted by molar-refractivity contribution is 0.485. The Bertz CT molecular complexity index is 88.9. The second kappa shape index (κ2) is 7.80. The highest BCUT2D eigenvalue weighted by Gasteiger charge is 1.98. The maximum Gasteiger partial charge on any atom is -0.00230 e. The van der Waals surface area contributed by atoms with E-state index in [1.807, 2.05) is 6.08 Å². The van der Waals surface area contributed by atoms with Crippen molar-refractivity contribution in [2.75, 3.05) is 13.1 Å². The van der Waals surface area contributed by atoms with E-state index in [1.54, 1.807) is 0 Å². The van der Waals surface area contributed by atoms with Crippen LogP contribution in [0.2, 0.25) is 0 Å². The number of hydrogen-bond donors (Lipinski definition) is 1. The van der Waals surface area contributed by atoms with Crippen LogP contribution in [0.4, 0.5) is 0 Å². The van der Waals surface area contributed by atoms with Gasteiger partial charge in [0.05, 0.1) is 0 Å². The van der Waals surface area contributed by atoms with Crippen LogP contribution in [0.25, 0.3) is 0 Å². The third-order valence-electron chi connectivity index (χ3n) is 1.78. The van der Waals surface area contributed by atoms with Gasteiger partial charge >= 0.3 is 0 Å². The van der Waals surface area contributed by atoms with Crippen LogP contribution in [0.3, 0.4) is 0 Å². The number of rotatable bonds is 7. The fraction of sp³-hybridized carbons (Fsp3) is 0.800. The monoisotopic (exact) mass is 155 g/mol. The molecule has 0 spiro atoms. The second-order valence-electron chi connectivity index (χ2n) is 3.18. The molecule has 0 aromatic rings. The molecule has 1 N–H and O–H groups in total. The largest absolute Gasteiger partial charge is 0.316 e. The first-order valence-corrected chi connectivity index (χ1v) is 4.62. The van der Waals surface area contributed by atoms with Crippen molar-refractivity contribution in [3.8, 4) is 0 Å². The molecule has 0 rings (SSSR count). The van der Waals surface area contributed by atoms with Gasteiger partial charge in [0.1, 0.15) is 0 Å². The summed E-state index contributed by atoms with van der Waals surface area (Å²) in [4.78, 5) is 0. The van der Waals surface area contributed by atoms with Gasteiger partial charge in [0.15, 0.2) is 0 Å². The van der Waals surface area contributed by atoms with Gasteiger partial charge in [-0.05, 0) is 38.3 Å². The molecule has 1 atom stereocenters. The molecule has 1 heteroatoms. The van der Waals surface area contributed by atoms with E-state index in [4.69, 9.17) is 0 Å². The second-order valence-corrected chi connectivity index (χ2v) is 3.18. The Morgan fingerprint density at radius 1 is 1.55 bits per heavy atom. The van der Waals surface area contributed by atoms with Gasteiger partial charge in [0, 0.05) is 0 Å². The van der Waals surface area contributed by atoms with Crippen LogP contribution in [-0.2, 0) is 0 Å². The number of hydrogen-bond acceptors (Lipinski definition) is 1. The molecule has 0 aliphatic rings. The summed E-state index contributed by atoms with van der Waals surface area (Å²) in [7, 11) is 0. The minimum Gasteiger partial charge on any atom is -0.316 e. The summed E-state index contributed by atoms with van der Waals surface area (Å²) in [5, 5.41) is 3.41. The Balaban J connectivity index is 3.08. The van der Waals surface area contributed by atoms with Crippen LogP contribution < -0.4 is 5.32 Å². The molecule has 1 unspecified atom stereocenters. The van der Waals surface area contributed by atoms with E-state index in [1.165, 1.54) is 12.8 Å². The number of allylic oxidation sites excluding steroid dienone is 1. The number of nitrogens with one attached hydrogen (secondary N) is 1. The van der Waals surface area contributed by atoms with Crippen LogP contribution in [-0.4, -0.2) is 13.1 Å². The van der Waals surface area contributed by atoms with Crippen LogP contribution in [0, 0.1) is 5.92 Å². The lowest BCUT2D eigenvalue weighted by atomic mass is 10.1. The zero-order valence-corrected chi connectivity index (χ0v) is 7.90. The molecule has 0 aliphatic heterocycles. The highest BCUT2D eigenvalue weighted by Crippen LogP contribution is 2.03. The van der Waals surface area contributed by atoms with E-state index in [2.05, 4.69) is 25.7 Å². The molecule has 0 amide bonds. The van der Waals surface area contributed by atoms with Gasteiger partial charge in [-0.25, -0.2) is 0 Å². The summed E-state index contributed by atoms with van der Waals surface area (Å²) in [6.45, 7) is 10.5. The minimum absolute atomic E-state index is 0.791. The van der Waals surface area contributed by atoms with Crippen molar-refractivity contribution in [3.05, 3.63) is 12.7 Å². The third kappa shape index (κ3) is 7.60. The molecule has 11 heavy (non-hydrogen) atoms. The molecule has 0 aromatic heterocycles. The van der Waals surface area contributed by atoms with Gasteiger partial charge < -0.3 is 5.32 Å². The first-order chi connectivity index (χ1) is 5.31. The zero-order chi connectivity index (χ0) is 8.53. The summed E-state index contributed by atoms with van der Waals surface area (Å²) in [5.74, 6) is 0.791. The van der Waals surface area contributed by atoms with Crippen molar-refractivity contribution in [1.82, 2.24) is 5.32 Å². The van der Waals surface area contributed by atoms with Gasteiger partial charge in [0.2, 0.25) is 0 Å². The maximum absolute atomic E-state index is 3.71. The lowest BCUT2D eigenvalue weighted by Gasteiger charge is -2.10. The molecule has 0 saturated carbocycles. The van der Waals surface area contributed by atoms with Crippen molar-refractivity contribution >= 4 is 0 Å². The summed E-state index contributed by atoms with van der Waals surface area (Å²) >= 11 is 0. The van der Waals surface area contributed by atoms with Gasteiger partial charge in [-0.3, -0.25) is 0 Å². The highest BCUT2D eigenvalue weighted by molar-refractivity contribution is 4.68. The van der Waals surface area contributed by atoms with Crippen molar-refractivity contribution < 1.29 is 0 Å². The van der Waals surface area contributed by atoms with Gasteiger partial charge in [-0.2, -0.15) is 0 Å². The molecular weight excluding hydrogens is 134 g/mol. The fourth-order valence-corrected chi connectivity index (χ4v) is 1.03. The van der Waals surface area contributed by atoms with Gasteiger partial charge in [-0.1, -0.05) is 19.9 Å². The first kappa shape index (κ1) is 10.7. The van der Waals surface area contributed by atoms with E-state index in [0.29, 0.717) is 0 Å². The third-order valence-corrected chi connectivity index (χ3v) is 1.78. The maximum atomic E-state index is 3.71. The van der Waals surface area contributed by atoms with Crippen LogP contribution in [0.5, 0.6) is 0 Å². The van der Waals surface area contributed by atoms with Gasteiger partial charge in [-0.15, -0.1) is 6.58 Å². The molecule has 0 aliphatic carbocycles. The van der Waals surface area contributed by atoms with Crippen LogP contribution >= 0.6 is 0 Å². The first-order valence-electron chi connectivity index (χ1n) is 4.62. The molecule has 0 aromatic carbocycles. The summed E-state index contributed by atoms with van der Waals surface area (Å²) in [6, 6.07) is 0. The predicted molar refractivity (Wildman–Crippen MR) is 51.8 cm³/mol. The van der Waals surface area contributed by atoms with E-state index in [9.17, 15) is 0 Å².